The number of rotatable bonds is 2. The number of alkyl halides is 3. The molecule has 31 heavy (non-hydrogen) atoms. The number of nitrogens with zero attached hydrogens (tertiary/aromatic N) is 4. The molecule has 5 rings (SSSR count). The molecular weight excluding hydrogens is 407 g/mol. The molecule has 0 aliphatic heterocycles. The van der Waals surface area contributed by atoms with Gasteiger partial charge in [0.05, 0.1) is 22.7 Å². The Morgan fingerprint density at radius 1 is 1.00 bits per heavy atom. The van der Waals surface area contributed by atoms with Gasteiger partial charge in [-0.15, -0.1) is 0 Å². The average Bonchev–Trinajstić information content (AvgIpc) is 3.36. The van der Waals surface area contributed by atoms with Crippen molar-refractivity contribution in [2.24, 2.45) is 0 Å². The summed E-state index contributed by atoms with van der Waals surface area (Å²) in [6.45, 7) is 0. The Labute approximate surface area is 173 Å². The number of fused-ring (bicyclic) bond motifs is 2. The van der Waals surface area contributed by atoms with Crippen molar-refractivity contribution in [1.29, 1.82) is 0 Å². The zero-order chi connectivity index (χ0) is 21.4. The first-order valence-electron chi connectivity index (χ1n) is 9.12. The number of hydrogen-bond acceptors (Lipinski definition) is 5. The van der Waals surface area contributed by atoms with Crippen LogP contribution in [0.25, 0.3) is 16.6 Å². The summed E-state index contributed by atoms with van der Waals surface area (Å²) in [4.78, 5) is 4.24. The van der Waals surface area contributed by atoms with E-state index in [0.717, 1.165) is 12.1 Å². The van der Waals surface area contributed by atoms with Crippen molar-refractivity contribution in [2.45, 2.75) is 6.18 Å². The smallest absolute Gasteiger partial charge is 0.353 e. The van der Waals surface area contributed by atoms with E-state index in [1.807, 2.05) is 6.07 Å². The summed E-state index contributed by atoms with van der Waals surface area (Å²) in [6.07, 6.45) is -1.17. The quantitative estimate of drug-likeness (QED) is 0.407. The molecule has 0 saturated carbocycles. The third-order valence-corrected chi connectivity index (χ3v) is 4.55. The highest BCUT2D eigenvalue weighted by Crippen LogP contribution is 2.33. The number of hydrogen-bond donors (Lipinski definition) is 1. The second kappa shape index (κ2) is 7.18. The maximum atomic E-state index is 13.0. The van der Waals surface area contributed by atoms with Crippen LogP contribution in [-0.4, -0.2) is 19.8 Å². The fourth-order valence-electron chi connectivity index (χ4n) is 3.11. The van der Waals surface area contributed by atoms with Gasteiger partial charge in [0, 0.05) is 11.9 Å². The number of nitrogens with one attached hydrogen (secondary N) is 1. The Balaban J connectivity index is 1.49. The average molecular weight is 419 g/mol. The fourth-order valence-corrected chi connectivity index (χ4v) is 3.11. The Kier molecular flexibility index (Phi) is 4.33. The number of para-hydroxylation sites is 1. The monoisotopic (exact) mass is 419 g/mol. The van der Waals surface area contributed by atoms with Crippen molar-refractivity contribution in [2.75, 3.05) is 5.32 Å². The van der Waals surface area contributed by atoms with Gasteiger partial charge in [-0.05, 0) is 48.4 Å². The van der Waals surface area contributed by atoms with Gasteiger partial charge in [0.1, 0.15) is 5.69 Å². The lowest BCUT2D eigenvalue weighted by molar-refractivity contribution is -0.137. The summed E-state index contributed by atoms with van der Waals surface area (Å²) >= 11 is 0. The molecule has 0 aliphatic carbocycles. The molecule has 5 aromatic rings. The van der Waals surface area contributed by atoms with E-state index in [2.05, 4.69) is 32.4 Å². The zero-order valence-electron chi connectivity index (χ0n) is 15.7. The summed E-state index contributed by atoms with van der Waals surface area (Å²) in [5.41, 5.74) is 1.78. The molecule has 0 atom stereocenters. The van der Waals surface area contributed by atoms with Crippen LogP contribution in [0.4, 0.5) is 24.7 Å². The lowest BCUT2D eigenvalue weighted by Crippen LogP contribution is -2.05. The first kappa shape index (κ1) is 18.7. The van der Waals surface area contributed by atoms with E-state index in [1.54, 1.807) is 41.2 Å². The number of imidazole rings is 1. The van der Waals surface area contributed by atoms with Crippen LogP contribution in [0, 0.1) is 11.8 Å². The Bertz CT molecular complexity index is 1470. The van der Waals surface area contributed by atoms with Crippen LogP contribution in [0.2, 0.25) is 0 Å². The number of halogens is 3. The van der Waals surface area contributed by atoms with Gasteiger partial charge in [-0.3, -0.25) is 0 Å². The van der Waals surface area contributed by atoms with Crippen LogP contribution >= 0.6 is 0 Å². The van der Waals surface area contributed by atoms with Crippen molar-refractivity contribution in [3.05, 3.63) is 83.8 Å². The molecule has 0 spiro atoms. The summed E-state index contributed by atoms with van der Waals surface area (Å²) in [7, 11) is 0. The molecule has 6 nitrogen and oxygen atoms in total. The van der Waals surface area contributed by atoms with E-state index >= 15 is 0 Å². The molecule has 9 heteroatoms. The predicted octanol–water partition coefficient (Wildman–Crippen LogP) is 5.03. The van der Waals surface area contributed by atoms with E-state index in [-0.39, 0.29) is 5.69 Å². The van der Waals surface area contributed by atoms with Gasteiger partial charge in [-0.2, -0.15) is 18.3 Å². The second-order valence-corrected chi connectivity index (χ2v) is 6.60. The van der Waals surface area contributed by atoms with E-state index in [4.69, 9.17) is 4.52 Å². The van der Waals surface area contributed by atoms with Crippen LogP contribution in [0.3, 0.4) is 0 Å². The molecule has 0 aliphatic rings. The highest BCUT2D eigenvalue weighted by molar-refractivity contribution is 5.93. The fraction of sp³-hybridized carbons (Fsp3) is 0.0455. The summed E-state index contributed by atoms with van der Waals surface area (Å²) < 4.78 is 45.9. The second-order valence-electron chi connectivity index (χ2n) is 6.60. The lowest BCUT2D eigenvalue weighted by atomic mass is 10.1. The molecule has 0 bridgehead atoms. The van der Waals surface area contributed by atoms with Crippen LogP contribution in [-0.2, 0) is 6.18 Å². The molecule has 0 saturated heterocycles. The topological polar surface area (TPSA) is 68.2 Å². The van der Waals surface area contributed by atoms with Crippen LogP contribution in [0.15, 0.2) is 71.5 Å². The molecule has 0 amide bonds. The number of benzene rings is 2. The van der Waals surface area contributed by atoms with E-state index in [9.17, 15) is 13.2 Å². The Hall–Kier alpha value is -4.32. The number of anilines is 2. The van der Waals surface area contributed by atoms with Gasteiger partial charge < -0.3 is 9.84 Å². The van der Waals surface area contributed by atoms with Gasteiger partial charge in [0.25, 0.3) is 0 Å². The van der Waals surface area contributed by atoms with Gasteiger partial charge in [0.2, 0.25) is 0 Å². The van der Waals surface area contributed by atoms with E-state index in [0.29, 0.717) is 33.7 Å². The normalized spacial score (nSPS) is 11.5. The third kappa shape index (κ3) is 3.55. The molecule has 2 aromatic carbocycles. The molecule has 3 heterocycles. The highest BCUT2D eigenvalue weighted by Gasteiger charge is 2.30. The van der Waals surface area contributed by atoms with E-state index in [1.165, 1.54) is 12.1 Å². The minimum absolute atomic E-state index is 0.248. The standard InChI is InChI=1S/C22H12F3N5O/c23-22(24,25)15-5-2-6-16(12-15)28-21-18-7-1-4-14(20(18)31-29-21)9-10-17-13-26-19-8-3-11-27-30(17)19/h1-8,11-13H,(H,28,29). The first-order chi connectivity index (χ1) is 15.0. The third-order valence-electron chi connectivity index (χ3n) is 4.55. The van der Waals surface area contributed by atoms with Crippen LogP contribution < -0.4 is 5.32 Å². The lowest BCUT2D eigenvalue weighted by Gasteiger charge is -2.09. The minimum Gasteiger partial charge on any atom is -0.353 e. The molecule has 3 aromatic heterocycles. The van der Waals surface area contributed by atoms with Crippen LogP contribution in [0.5, 0.6) is 0 Å². The maximum absolute atomic E-state index is 13.0. The SMILES string of the molecule is FC(F)(F)c1cccc(Nc2noc3c(C#Cc4cnc5cccnn45)cccc23)c1. The molecular formula is C22H12F3N5O. The van der Waals surface area contributed by atoms with Crippen molar-refractivity contribution in [3.8, 4) is 11.8 Å². The highest BCUT2D eigenvalue weighted by atomic mass is 19.4. The van der Waals surface area contributed by atoms with Gasteiger partial charge in [0.15, 0.2) is 17.0 Å². The number of aromatic nitrogens is 4. The zero-order valence-corrected chi connectivity index (χ0v) is 15.7. The van der Waals surface area contributed by atoms with Crippen molar-refractivity contribution in [1.82, 2.24) is 19.8 Å². The molecule has 0 radical (unpaired) electrons. The van der Waals surface area contributed by atoms with Crippen molar-refractivity contribution >= 4 is 28.1 Å². The molecule has 1 N–H and O–H groups in total. The van der Waals surface area contributed by atoms with Gasteiger partial charge in [-0.25, -0.2) is 9.50 Å². The van der Waals surface area contributed by atoms with Crippen molar-refractivity contribution < 1.29 is 17.7 Å². The van der Waals surface area contributed by atoms with Crippen LogP contribution in [0.1, 0.15) is 16.8 Å². The summed E-state index contributed by atoms with van der Waals surface area (Å²) in [5.74, 6) is 6.34. The molecule has 152 valence electrons. The summed E-state index contributed by atoms with van der Waals surface area (Å²) in [6, 6.07) is 13.8. The molecule has 0 unspecified atom stereocenters. The van der Waals surface area contributed by atoms with Gasteiger partial charge in [-0.1, -0.05) is 23.2 Å². The first-order valence-corrected chi connectivity index (χ1v) is 9.12. The largest absolute Gasteiger partial charge is 0.416 e. The van der Waals surface area contributed by atoms with Gasteiger partial charge >= 0.3 is 6.18 Å². The Morgan fingerprint density at radius 2 is 1.87 bits per heavy atom. The predicted molar refractivity (Wildman–Crippen MR) is 108 cm³/mol. The maximum Gasteiger partial charge on any atom is 0.416 e. The Morgan fingerprint density at radius 3 is 2.74 bits per heavy atom. The van der Waals surface area contributed by atoms with E-state index < -0.39 is 11.7 Å². The van der Waals surface area contributed by atoms with Crippen molar-refractivity contribution in [3.63, 3.8) is 0 Å². The minimum atomic E-state index is -4.43. The summed E-state index contributed by atoms with van der Waals surface area (Å²) in [5, 5.41) is 11.7. The molecule has 0 fully saturated rings.